The largest absolute Gasteiger partial charge is 0.478 e. The maximum absolute atomic E-state index is 11.8. The minimum atomic E-state index is -1.13. The molecule has 0 fully saturated rings. The molecule has 0 spiro atoms. The molecule has 0 saturated carbocycles. The van der Waals surface area contributed by atoms with Gasteiger partial charge in [0.1, 0.15) is 0 Å². The van der Waals surface area contributed by atoms with Crippen LogP contribution in [0.15, 0.2) is 18.2 Å². The van der Waals surface area contributed by atoms with Crippen molar-refractivity contribution in [2.45, 2.75) is 39.7 Å². The maximum atomic E-state index is 11.8. The molecule has 1 aromatic carbocycles. The van der Waals surface area contributed by atoms with Crippen molar-refractivity contribution in [1.29, 1.82) is 0 Å². The predicted molar refractivity (Wildman–Crippen MR) is 84.1 cm³/mol. The molecule has 0 saturated heterocycles. The van der Waals surface area contributed by atoms with Gasteiger partial charge in [-0.15, -0.1) is 0 Å². The lowest BCUT2D eigenvalue weighted by Gasteiger charge is -2.16. The highest BCUT2D eigenvalue weighted by Crippen LogP contribution is 2.20. The molecular formula is C15H21ClN2O3. The van der Waals surface area contributed by atoms with E-state index in [1.54, 1.807) is 6.07 Å². The maximum Gasteiger partial charge on any atom is 0.337 e. The Morgan fingerprint density at radius 1 is 1.24 bits per heavy atom. The van der Waals surface area contributed by atoms with Crippen molar-refractivity contribution in [2.24, 2.45) is 5.92 Å². The predicted octanol–water partition coefficient (Wildman–Crippen LogP) is 3.98. The smallest absolute Gasteiger partial charge is 0.337 e. The third-order valence-corrected chi connectivity index (χ3v) is 3.34. The van der Waals surface area contributed by atoms with E-state index in [2.05, 4.69) is 24.5 Å². The zero-order valence-electron chi connectivity index (χ0n) is 12.4. The third kappa shape index (κ3) is 6.04. The van der Waals surface area contributed by atoms with Crippen LogP contribution in [0.3, 0.4) is 0 Å². The van der Waals surface area contributed by atoms with Crippen molar-refractivity contribution in [3.05, 3.63) is 28.8 Å². The Morgan fingerprint density at radius 2 is 1.90 bits per heavy atom. The summed E-state index contributed by atoms with van der Waals surface area (Å²) in [4.78, 5) is 22.8. The number of anilines is 1. The number of carbonyl (C=O) groups excluding carboxylic acids is 1. The monoisotopic (exact) mass is 312 g/mol. The second-order valence-electron chi connectivity index (χ2n) is 5.47. The molecular weight excluding hydrogens is 292 g/mol. The standard InChI is InChI=1S/C15H21ClN2O3/c1-9(2)4-5-10(3)17-15(21)18-11-6-7-13(16)12(8-11)14(19)20/h6-10H,4-5H2,1-3H3,(H,19,20)(H2,17,18,21). The zero-order chi connectivity index (χ0) is 16.0. The number of halogens is 1. The van der Waals surface area contributed by atoms with E-state index in [1.165, 1.54) is 12.1 Å². The van der Waals surface area contributed by atoms with Crippen LogP contribution in [0.4, 0.5) is 10.5 Å². The molecule has 2 amide bonds. The normalized spacial score (nSPS) is 12.0. The number of benzene rings is 1. The highest BCUT2D eigenvalue weighted by Gasteiger charge is 2.12. The lowest BCUT2D eigenvalue weighted by atomic mass is 10.0. The van der Waals surface area contributed by atoms with E-state index in [0.29, 0.717) is 11.6 Å². The summed E-state index contributed by atoms with van der Waals surface area (Å²) < 4.78 is 0. The summed E-state index contributed by atoms with van der Waals surface area (Å²) in [6, 6.07) is 4.04. The number of nitrogens with one attached hydrogen (secondary N) is 2. The first kappa shape index (κ1) is 17.3. The first-order chi connectivity index (χ1) is 9.79. The van der Waals surface area contributed by atoms with Crippen LogP contribution in [0.2, 0.25) is 5.02 Å². The summed E-state index contributed by atoms with van der Waals surface area (Å²) in [7, 11) is 0. The number of carbonyl (C=O) groups is 2. The molecule has 1 unspecified atom stereocenters. The molecule has 3 N–H and O–H groups in total. The number of carboxylic acid groups (broad SMARTS) is 1. The minimum Gasteiger partial charge on any atom is -0.478 e. The Bertz CT molecular complexity index is 518. The fourth-order valence-corrected chi connectivity index (χ4v) is 2.01. The first-order valence-corrected chi connectivity index (χ1v) is 7.27. The fourth-order valence-electron chi connectivity index (χ4n) is 1.81. The van der Waals surface area contributed by atoms with E-state index >= 15 is 0 Å². The van der Waals surface area contributed by atoms with Gasteiger partial charge in [-0.25, -0.2) is 9.59 Å². The molecule has 0 heterocycles. The SMILES string of the molecule is CC(C)CCC(C)NC(=O)Nc1ccc(Cl)c(C(=O)O)c1. The number of amides is 2. The van der Waals surface area contributed by atoms with E-state index in [9.17, 15) is 9.59 Å². The highest BCUT2D eigenvalue weighted by molar-refractivity contribution is 6.33. The van der Waals surface area contributed by atoms with Crippen molar-refractivity contribution in [3.63, 3.8) is 0 Å². The van der Waals surface area contributed by atoms with Gasteiger partial charge in [0.25, 0.3) is 0 Å². The second-order valence-corrected chi connectivity index (χ2v) is 5.88. The Hall–Kier alpha value is -1.75. The highest BCUT2D eigenvalue weighted by atomic mass is 35.5. The van der Waals surface area contributed by atoms with Crippen LogP contribution >= 0.6 is 11.6 Å². The molecule has 0 aliphatic rings. The molecule has 116 valence electrons. The Morgan fingerprint density at radius 3 is 2.48 bits per heavy atom. The lowest BCUT2D eigenvalue weighted by molar-refractivity contribution is 0.0697. The van der Waals surface area contributed by atoms with Gasteiger partial charge >= 0.3 is 12.0 Å². The van der Waals surface area contributed by atoms with Crippen LogP contribution in [-0.4, -0.2) is 23.1 Å². The molecule has 0 aromatic heterocycles. The minimum absolute atomic E-state index is 0.0395. The van der Waals surface area contributed by atoms with E-state index in [-0.39, 0.29) is 22.7 Å². The Balaban J connectivity index is 2.59. The van der Waals surface area contributed by atoms with Gasteiger partial charge in [-0.1, -0.05) is 25.4 Å². The fraction of sp³-hybridized carbons (Fsp3) is 0.467. The molecule has 0 radical (unpaired) electrons. The average Bonchev–Trinajstić information content (AvgIpc) is 2.38. The Kier molecular flexibility index (Phi) is 6.49. The molecule has 5 nitrogen and oxygen atoms in total. The molecule has 1 atom stereocenters. The molecule has 0 bridgehead atoms. The quantitative estimate of drug-likeness (QED) is 0.743. The van der Waals surface area contributed by atoms with Gasteiger partial charge in [0.05, 0.1) is 10.6 Å². The van der Waals surface area contributed by atoms with Crippen molar-refractivity contribution < 1.29 is 14.7 Å². The van der Waals surface area contributed by atoms with Gasteiger partial charge in [-0.3, -0.25) is 0 Å². The van der Waals surface area contributed by atoms with Gasteiger partial charge in [-0.2, -0.15) is 0 Å². The van der Waals surface area contributed by atoms with Crippen LogP contribution in [0.5, 0.6) is 0 Å². The van der Waals surface area contributed by atoms with Crippen molar-refractivity contribution in [1.82, 2.24) is 5.32 Å². The van der Waals surface area contributed by atoms with Gasteiger partial charge < -0.3 is 15.7 Å². The van der Waals surface area contributed by atoms with E-state index in [4.69, 9.17) is 16.7 Å². The molecule has 1 aromatic rings. The third-order valence-electron chi connectivity index (χ3n) is 3.01. The summed E-state index contributed by atoms with van der Waals surface area (Å²) in [5.41, 5.74) is 0.354. The number of rotatable bonds is 6. The van der Waals surface area contributed by atoms with Crippen LogP contribution < -0.4 is 10.6 Å². The summed E-state index contributed by atoms with van der Waals surface area (Å²) in [6.45, 7) is 6.20. The van der Waals surface area contributed by atoms with Crippen LogP contribution in [0, 0.1) is 5.92 Å². The van der Waals surface area contributed by atoms with Gasteiger partial charge in [0, 0.05) is 11.7 Å². The number of urea groups is 1. The van der Waals surface area contributed by atoms with E-state index in [0.717, 1.165) is 12.8 Å². The topological polar surface area (TPSA) is 78.4 Å². The number of carboxylic acids is 1. The van der Waals surface area contributed by atoms with Crippen molar-refractivity contribution in [3.8, 4) is 0 Å². The van der Waals surface area contributed by atoms with Crippen molar-refractivity contribution in [2.75, 3.05) is 5.32 Å². The summed E-state index contributed by atoms with van der Waals surface area (Å²) in [5.74, 6) is -0.541. The molecule has 21 heavy (non-hydrogen) atoms. The average molecular weight is 313 g/mol. The zero-order valence-corrected chi connectivity index (χ0v) is 13.2. The molecule has 1 rings (SSSR count). The Labute approximate surface area is 129 Å². The number of aromatic carboxylic acids is 1. The summed E-state index contributed by atoms with van der Waals surface area (Å²) in [5, 5.41) is 14.5. The van der Waals surface area contributed by atoms with Gasteiger partial charge in [0.2, 0.25) is 0 Å². The second kappa shape index (κ2) is 7.88. The van der Waals surface area contributed by atoms with Crippen molar-refractivity contribution >= 4 is 29.3 Å². The lowest BCUT2D eigenvalue weighted by Crippen LogP contribution is -2.36. The number of hydrogen-bond donors (Lipinski definition) is 3. The van der Waals surface area contributed by atoms with E-state index in [1.807, 2.05) is 6.92 Å². The summed E-state index contributed by atoms with van der Waals surface area (Å²) in [6.07, 6.45) is 1.93. The summed E-state index contributed by atoms with van der Waals surface area (Å²) >= 11 is 5.77. The molecule has 0 aliphatic heterocycles. The van der Waals surface area contributed by atoms with Gasteiger partial charge in [0.15, 0.2) is 0 Å². The molecule has 6 heteroatoms. The first-order valence-electron chi connectivity index (χ1n) is 6.90. The van der Waals surface area contributed by atoms with Crippen LogP contribution in [-0.2, 0) is 0 Å². The molecule has 0 aliphatic carbocycles. The van der Waals surface area contributed by atoms with E-state index < -0.39 is 5.97 Å². The van der Waals surface area contributed by atoms with Gasteiger partial charge in [-0.05, 0) is 43.9 Å². The van der Waals surface area contributed by atoms with Crippen LogP contribution in [0.25, 0.3) is 0 Å². The van der Waals surface area contributed by atoms with Crippen LogP contribution in [0.1, 0.15) is 44.0 Å². The number of hydrogen-bond acceptors (Lipinski definition) is 2.